The molecular formula is C11H23ClN2O2. The molecule has 0 aromatic rings. The van der Waals surface area contributed by atoms with Crippen LogP contribution in [0.1, 0.15) is 33.1 Å². The van der Waals surface area contributed by atoms with Gasteiger partial charge in [-0.25, -0.2) is 0 Å². The Morgan fingerprint density at radius 3 is 2.81 bits per heavy atom. The monoisotopic (exact) mass is 250 g/mol. The number of likely N-dealkylation sites (tertiary alicyclic amines) is 1. The first kappa shape index (κ1) is 15.7. The highest BCUT2D eigenvalue weighted by molar-refractivity contribution is 5.85. The Morgan fingerprint density at radius 1 is 1.56 bits per heavy atom. The number of amides is 1. The maximum atomic E-state index is 12.0. The van der Waals surface area contributed by atoms with Crippen LogP contribution in [0.15, 0.2) is 0 Å². The van der Waals surface area contributed by atoms with E-state index >= 15 is 0 Å². The molecule has 16 heavy (non-hydrogen) atoms. The number of carbonyl (C=O) groups excluding carboxylic acids is 1. The smallest absolute Gasteiger partial charge is 0.251 e. The summed E-state index contributed by atoms with van der Waals surface area (Å²) < 4.78 is 5.32. The summed E-state index contributed by atoms with van der Waals surface area (Å²) in [7, 11) is 0. The van der Waals surface area contributed by atoms with Crippen LogP contribution in [0, 0.1) is 0 Å². The van der Waals surface area contributed by atoms with Gasteiger partial charge in [-0.15, -0.1) is 12.4 Å². The molecule has 0 saturated carbocycles. The van der Waals surface area contributed by atoms with Gasteiger partial charge in [-0.05, 0) is 33.1 Å². The van der Waals surface area contributed by atoms with Crippen molar-refractivity contribution in [2.24, 2.45) is 5.73 Å². The van der Waals surface area contributed by atoms with Crippen molar-refractivity contribution in [1.29, 1.82) is 0 Å². The van der Waals surface area contributed by atoms with Crippen LogP contribution in [0.3, 0.4) is 0 Å². The molecule has 96 valence electrons. The summed E-state index contributed by atoms with van der Waals surface area (Å²) in [5, 5.41) is 0. The van der Waals surface area contributed by atoms with Crippen molar-refractivity contribution in [2.75, 3.05) is 19.7 Å². The third-order valence-electron chi connectivity index (χ3n) is 2.95. The summed E-state index contributed by atoms with van der Waals surface area (Å²) in [4.78, 5) is 13.9. The number of nitrogens with zero attached hydrogens (tertiary/aromatic N) is 1. The van der Waals surface area contributed by atoms with E-state index in [1.54, 1.807) is 0 Å². The first-order valence-corrected chi connectivity index (χ1v) is 5.82. The number of rotatable bonds is 4. The van der Waals surface area contributed by atoms with Crippen LogP contribution in [0.25, 0.3) is 0 Å². The standard InChI is InChI=1S/C11H22N2O2.ClH/c1-3-15-9(2)11(14)13-7-5-4-6-10(13)8-12;/h9-10H,3-8,12H2,1-2H3;1H. The van der Waals surface area contributed by atoms with E-state index < -0.39 is 0 Å². The molecule has 4 nitrogen and oxygen atoms in total. The van der Waals surface area contributed by atoms with Gasteiger partial charge in [0.15, 0.2) is 0 Å². The van der Waals surface area contributed by atoms with E-state index in [0.717, 1.165) is 19.4 Å². The number of piperidine rings is 1. The fraction of sp³-hybridized carbons (Fsp3) is 0.909. The van der Waals surface area contributed by atoms with Crippen LogP contribution >= 0.6 is 12.4 Å². The lowest BCUT2D eigenvalue weighted by atomic mass is 10.0. The highest BCUT2D eigenvalue weighted by Gasteiger charge is 2.28. The number of halogens is 1. The Labute approximate surface area is 104 Å². The first-order chi connectivity index (χ1) is 7.20. The topological polar surface area (TPSA) is 55.6 Å². The van der Waals surface area contributed by atoms with Gasteiger partial charge in [-0.2, -0.15) is 0 Å². The first-order valence-electron chi connectivity index (χ1n) is 5.82. The summed E-state index contributed by atoms with van der Waals surface area (Å²) in [5.41, 5.74) is 5.67. The molecule has 1 amide bonds. The molecule has 1 fully saturated rings. The number of ether oxygens (including phenoxy) is 1. The lowest BCUT2D eigenvalue weighted by molar-refractivity contribution is -0.145. The van der Waals surface area contributed by atoms with Crippen molar-refractivity contribution in [3.63, 3.8) is 0 Å². The Balaban J connectivity index is 0.00000225. The highest BCUT2D eigenvalue weighted by atomic mass is 35.5. The Kier molecular flexibility index (Phi) is 7.72. The average molecular weight is 251 g/mol. The molecule has 1 rings (SSSR count). The minimum Gasteiger partial charge on any atom is -0.369 e. The van der Waals surface area contributed by atoms with Gasteiger partial charge >= 0.3 is 0 Å². The summed E-state index contributed by atoms with van der Waals surface area (Å²) in [6.07, 6.45) is 2.96. The van der Waals surface area contributed by atoms with E-state index in [0.29, 0.717) is 13.2 Å². The van der Waals surface area contributed by atoms with Crippen LogP contribution in [0.5, 0.6) is 0 Å². The predicted octanol–water partition coefficient (Wildman–Crippen LogP) is 1.17. The van der Waals surface area contributed by atoms with Crippen LogP contribution < -0.4 is 5.73 Å². The van der Waals surface area contributed by atoms with Gasteiger partial charge in [-0.1, -0.05) is 0 Å². The molecule has 1 heterocycles. The molecule has 2 N–H and O–H groups in total. The number of carbonyl (C=O) groups is 1. The maximum absolute atomic E-state index is 12.0. The van der Waals surface area contributed by atoms with E-state index in [1.165, 1.54) is 6.42 Å². The van der Waals surface area contributed by atoms with Crippen LogP contribution in [-0.4, -0.2) is 42.6 Å². The van der Waals surface area contributed by atoms with Gasteiger partial charge in [0.2, 0.25) is 0 Å². The van der Waals surface area contributed by atoms with Gasteiger partial charge in [0.25, 0.3) is 5.91 Å². The zero-order valence-corrected chi connectivity index (χ0v) is 11.0. The summed E-state index contributed by atoms with van der Waals surface area (Å²) >= 11 is 0. The second-order valence-electron chi connectivity index (χ2n) is 4.01. The summed E-state index contributed by atoms with van der Waals surface area (Å²) in [6.45, 7) is 5.69. The van der Waals surface area contributed by atoms with E-state index in [4.69, 9.17) is 10.5 Å². The molecular weight excluding hydrogens is 228 g/mol. The summed E-state index contributed by atoms with van der Waals surface area (Å²) in [6, 6.07) is 0.217. The SMILES string of the molecule is CCOC(C)C(=O)N1CCCCC1CN.Cl. The molecule has 2 atom stereocenters. The van der Waals surface area contributed by atoms with Gasteiger partial charge in [0.05, 0.1) is 0 Å². The van der Waals surface area contributed by atoms with Crippen molar-refractivity contribution in [1.82, 2.24) is 4.90 Å². The fourth-order valence-corrected chi connectivity index (χ4v) is 2.09. The van der Waals surface area contributed by atoms with Gasteiger partial charge < -0.3 is 15.4 Å². The molecule has 0 bridgehead atoms. The van der Waals surface area contributed by atoms with Crippen molar-refractivity contribution in [3.8, 4) is 0 Å². The Bertz CT molecular complexity index is 214. The van der Waals surface area contributed by atoms with E-state index in [9.17, 15) is 4.79 Å². The zero-order chi connectivity index (χ0) is 11.3. The second kappa shape index (κ2) is 7.87. The molecule has 0 radical (unpaired) electrons. The predicted molar refractivity (Wildman–Crippen MR) is 66.7 cm³/mol. The maximum Gasteiger partial charge on any atom is 0.251 e. The van der Waals surface area contributed by atoms with Crippen molar-refractivity contribution in [3.05, 3.63) is 0 Å². The normalized spacial score (nSPS) is 22.4. The fourth-order valence-electron chi connectivity index (χ4n) is 2.09. The lowest BCUT2D eigenvalue weighted by Crippen LogP contribution is -2.50. The number of hydrogen-bond donors (Lipinski definition) is 1. The molecule has 1 saturated heterocycles. The molecule has 0 aromatic carbocycles. The van der Waals surface area contributed by atoms with Crippen LogP contribution in [0.2, 0.25) is 0 Å². The number of hydrogen-bond acceptors (Lipinski definition) is 3. The van der Waals surface area contributed by atoms with Crippen molar-refractivity contribution >= 4 is 18.3 Å². The highest BCUT2D eigenvalue weighted by Crippen LogP contribution is 2.17. The van der Waals surface area contributed by atoms with Gasteiger partial charge in [0, 0.05) is 25.7 Å². The van der Waals surface area contributed by atoms with Crippen LogP contribution in [-0.2, 0) is 9.53 Å². The largest absolute Gasteiger partial charge is 0.369 e. The third-order valence-corrected chi connectivity index (χ3v) is 2.95. The van der Waals surface area contributed by atoms with Gasteiger partial charge in [-0.3, -0.25) is 4.79 Å². The minimum atomic E-state index is -0.331. The lowest BCUT2D eigenvalue weighted by Gasteiger charge is -2.36. The second-order valence-corrected chi connectivity index (χ2v) is 4.01. The third kappa shape index (κ3) is 3.92. The average Bonchev–Trinajstić information content (AvgIpc) is 2.28. The van der Waals surface area contributed by atoms with Crippen molar-refractivity contribution < 1.29 is 9.53 Å². The molecule has 1 aliphatic heterocycles. The Hall–Kier alpha value is -0.320. The molecule has 1 aliphatic rings. The summed E-state index contributed by atoms with van der Waals surface area (Å²) in [5.74, 6) is 0.0898. The molecule has 0 aliphatic carbocycles. The number of nitrogens with two attached hydrogens (primary N) is 1. The van der Waals surface area contributed by atoms with E-state index in [-0.39, 0.29) is 30.5 Å². The quantitative estimate of drug-likeness (QED) is 0.815. The van der Waals surface area contributed by atoms with Gasteiger partial charge in [0.1, 0.15) is 6.10 Å². The van der Waals surface area contributed by atoms with E-state index in [1.807, 2.05) is 18.7 Å². The molecule has 2 unspecified atom stereocenters. The van der Waals surface area contributed by atoms with E-state index in [2.05, 4.69) is 0 Å². The minimum absolute atomic E-state index is 0. The van der Waals surface area contributed by atoms with Crippen molar-refractivity contribution in [2.45, 2.75) is 45.3 Å². The van der Waals surface area contributed by atoms with Crippen LogP contribution in [0.4, 0.5) is 0 Å². The zero-order valence-electron chi connectivity index (χ0n) is 10.1. The molecule has 0 spiro atoms. The Morgan fingerprint density at radius 2 is 2.25 bits per heavy atom. The molecule has 0 aromatic heterocycles. The molecule has 5 heteroatoms.